The Morgan fingerprint density at radius 3 is 2.53 bits per heavy atom. The topological polar surface area (TPSA) is 109 Å². The van der Waals surface area contributed by atoms with Crippen molar-refractivity contribution in [2.75, 3.05) is 44.3 Å². The molecule has 166 valence electrons. The smallest absolute Gasteiger partial charge is 0.256 e. The molecule has 3 N–H and O–H groups in total. The number of nitrogens with one attached hydrogen (secondary N) is 1. The second-order valence-corrected chi connectivity index (χ2v) is 9.77. The Labute approximate surface area is 193 Å². The first kappa shape index (κ1) is 22.3. The third-order valence-electron chi connectivity index (χ3n) is 5.16. The number of thioether (sulfide) groups is 1. The lowest BCUT2D eigenvalue weighted by Gasteiger charge is -2.32. The number of carbonyl (C=O) groups is 3. The van der Waals surface area contributed by atoms with E-state index in [1.807, 2.05) is 19.2 Å². The van der Waals surface area contributed by atoms with Crippen LogP contribution < -0.4 is 11.1 Å². The summed E-state index contributed by atoms with van der Waals surface area (Å²) in [6, 6.07) is 12.3. The molecule has 4 rings (SSSR count). The van der Waals surface area contributed by atoms with Crippen molar-refractivity contribution in [2.45, 2.75) is 4.34 Å². The summed E-state index contributed by atoms with van der Waals surface area (Å²) in [4.78, 5) is 45.5. The molecule has 0 unspecified atom stereocenters. The Morgan fingerprint density at radius 1 is 1.09 bits per heavy atom. The van der Waals surface area contributed by atoms with Gasteiger partial charge in [0.15, 0.2) is 4.34 Å². The lowest BCUT2D eigenvalue weighted by Crippen LogP contribution is -2.47. The fraction of sp³-hybridized carbons (Fsp3) is 0.273. The average Bonchev–Trinajstić information content (AvgIpc) is 3.20. The first-order valence-electron chi connectivity index (χ1n) is 10.1. The summed E-state index contributed by atoms with van der Waals surface area (Å²) < 4.78 is 1.63. The summed E-state index contributed by atoms with van der Waals surface area (Å²) in [6.45, 7) is 2.91. The number of carbonyl (C=O) groups excluding carboxylic acids is 3. The standard InChI is InChI=1S/C22H23N5O3S2/c1-26-8-10-27(11-9-26)21(30)16-5-3-2-4-15(16)20(29)24-14-6-7-17-18(12-14)32-22(25-17)31-13-19(23)28/h2-7,12H,8-11,13H2,1H3,(H2,23,28)(H,24,29). The normalized spacial score (nSPS) is 14.5. The maximum Gasteiger partial charge on any atom is 0.256 e. The van der Waals surface area contributed by atoms with Gasteiger partial charge in [0.05, 0.1) is 27.1 Å². The number of benzene rings is 2. The number of anilines is 1. The van der Waals surface area contributed by atoms with Crippen LogP contribution in [0.4, 0.5) is 5.69 Å². The second kappa shape index (κ2) is 9.68. The van der Waals surface area contributed by atoms with Gasteiger partial charge >= 0.3 is 0 Å². The van der Waals surface area contributed by atoms with Gasteiger partial charge in [0, 0.05) is 31.9 Å². The van der Waals surface area contributed by atoms with E-state index < -0.39 is 5.91 Å². The zero-order valence-electron chi connectivity index (χ0n) is 17.5. The van der Waals surface area contributed by atoms with Crippen molar-refractivity contribution in [1.29, 1.82) is 0 Å². The van der Waals surface area contributed by atoms with Crippen molar-refractivity contribution >= 4 is 56.7 Å². The van der Waals surface area contributed by atoms with E-state index in [9.17, 15) is 14.4 Å². The number of thiazole rings is 1. The van der Waals surface area contributed by atoms with Crippen molar-refractivity contribution in [2.24, 2.45) is 5.73 Å². The predicted octanol–water partition coefficient (Wildman–Crippen LogP) is 2.51. The Balaban J connectivity index is 1.51. The highest BCUT2D eigenvalue weighted by molar-refractivity contribution is 8.01. The third kappa shape index (κ3) is 5.09. The van der Waals surface area contributed by atoms with Crippen molar-refractivity contribution in [3.05, 3.63) is 53.6 Å². The van der Waals surface area contributed by atoms with Gasteiger partial charge in [-0.05, 0) is 37.4 Å². The summed E-state index contributed by atoms with van der Waals surface area (Å²) in [5, 5.41) is 2.90. The van der Waals surface area contributed by atoms with Crippen LogP contribution in [0.3, 0.4) is 0 Å². The van der Waals surface area contributed by atoms with Crippen LogP contribution >= 0.6 is 23.1 Å². The number of hydrogen-bond donors (Lipinski definition) is 2. The molecule has 0 radical (unpaired) electrons. The molecule has 0 aliphatic carbocycles. The molecular formula is C22H23N5O3S2. The van der Waals surface area contributed by atoms with Crippen LogP contribution in [-0.4, -0.2) is 71.5 Å². The molecule has 8 nitrogen and oxygen atoms in total. The molecule has 2 heterocycles. The third-order valence-corrected chi connectivity index (χ3v) is 7.34. The van der Waals surface area contributed by atoms with Crippen molar-refractivity contribution in [3.8, 4) is 0 Å². The molecule has 2 aromatic carbocycles. The Bertz CT molecular complexity index is 1170. The number of primary amides is 1. The maximum atomic E-state index is 13.1. The minimum absolute atomic E-state index is 0.127. The number of rotatable bonds is 6. The number of nitrogens with two attached hydrogens (primary N) is 1. The first-order chi connectivity index (χ1) is 15.4. The molecule has 3 aromatic rings. The largest absolute Gasteiger partial charge is 0.369 e. The van der Waals surface area contributed by atoms with Crippen LogP contribution in [0.5, 0.6) is 0 Å². The number of amides is 3. The van der Waals surface area contributed by atoms with Gasteiger partial charge in [0.1, 0.15) is 0 Å². The van der Waals surface area contributed by atoms with Gasteiger partial charge in [-0.3, -0.25) is 14.4 Å². The van der Waals surface area contributed by atoms with E-state index in [0.717, 1.165) is 27.6 Å². The van der Waals surface area contributed by atoms with Crippen molar-refractivity contribution in [1.82, 2.24) is 14.8 Å². The summed E-state index contributed by atoms with van der Waals surface area (Å²) in [7, 11) is 2.03. The molecule has 0 spiro atoms. The molecule has 1 saturated heterocycles. The molecule has 1 aliphatic heterocycles. The highest BCUT2D eigenvalue weighted by atomic mass is 32.2. The lowest BCUT2D eigenvalue weighted by molar-refractivity contribution is -0.115. The van der Waals surface area contributed by atoms with Gasteiger partial charge in [-0.25, -0.2) is 4.98 Å². The van der Waals surface area contributed by atoms with E-state index in [0.29, 0.717) is 29.9 Å². The van der Waals surface area contributed by atoms with Crippen LogP contribution in [0.2, 0.25) is 0 Å². The molecular weight excluding hydrogens is 446 g/mol. The molecule has 1 fully saturated rings. The van der Waals surface area contributed by atoms with E-state index in [1.54, 1.807) is 35.2 Å². The number of piperazine rings is 1. The van der Waals surface area contributed by atoms with Crippen LogP contribution in [0.25, 0.3) is 10.2 Å². The fourth-order valence-electron chi connectivity index (χ4n) is 3.42. The van der Waals surface area contributed by atoms with Gasteiger partial charge in [-0.1, -0.05) is 23.9 Å². The zero-order chi connectivity index (χ0) is 22.7. The molecule has 10 heteroatoms. The van der Waals surface area contributed by atoms with Crippen molar-refractivity contribution in [3.63, 3.8) is 0 Å². The minimum atomic E-state index is -0.396. The minimum Gasteiger partial charge on any atom is -0.369 e. The summed E-state index contributed by atoms with van der Waals surface area (Å²) in [5.74, 6) is -0.693. The Morgan fingerprint density at radius 2 is 1.81 bits per heavy atom. The number of fused-ring (bicyclic) bond motifs is 1. The van der Waals surface area contributed by atoms with E-state index >= 15 is 0 Å². The van der Waals surface area contributed by atoms with Gasteiger partial charge < -0.3 is 20.9 Å². The zero-order valence-corrected chi connectivity index (χ0v) is 19.2. The SMILES string of the molecule is CN1CCN(C(=O)c2ccccc2C(=O)Nc2ccc3nc(SCC(N)=O)sc3c2)CC1. The van der Waals surface area contributed by atoms with Crippen molar-refractivity contribution < 1.29 is 14.4 Å². The van der Waals surface area contributed by atoms with Crippen LogP contribution in [0, 0.1) is 0 Å². The highest BCUT2D eigenvalue weighted by Gasteiger charge is 2.24. The number of hydrogen-bond acceptors (Lipinski definition) is 7. The molecule has 3 amide bonds. The molecule has 1 aliphatic rings. The van der Waals surface area contributed by atoms with E-state index in [4.69, 9.17) is 5.73 Å². The highest BCUT2D eigenvalue weighted by Crippen LogP contribution is 2.31. The molecule has 32 heavy (non-hydrogen) atoms. The average molecular weight is 470 g/mol. The lowest BCUT2D eigenvalue weighted by atomic mass is 10.0. The first-order valence-corrected chi connectivity index (χ1v) is 11.9. The second-order valence-electron chi connectivity index (χ2n) is 7.51. The Kier molecular flexibility index (Phi) is 6.73. The molecule has 0 atom stereocenters. The quantitative estimate of drug-likeness (QED) is 0.537. The number of likely N-dealkylation sites (N-methyl/N-ethyl adjacent to an activating group) is 1. The predicted molar refractivity (Wildman–Crippen MR) is 127 cm³/mol. The number of nitrogens with zero attached hydrogens (tertiary/aromatic N) is 3. The molecule has 0 saturated carbocycles. The Hall–Kier alpha value is -2.95. The summed E-state index contributed by atoms with van der Waals surface area (Å²) in [6.07, 6.45) is 0. The fourth-order valence-corrected chi connectivity index (χ4v) is 5.27. The van der Waals surface area contributed by atoms with E-state index in [2.05, 4.69) is 15.2 Å². The van der Waals surface area contributed by atoms with Gasteiger partial charge in [-0.15, -0.1) is 11.3 Å². The molecule has 1 aromatic heterocycles. The number of aromatic nitrogens is 1. The summed E-state index contributed by atoms with van der Waals surface area (Å²) >= 11 is 2.72. The maximum absolute atomic E-state index is 13.1. The van der Waals surface area contributed by atoms with Crippen LogP contribution in [-0.2, 0) is 4.79 Å². The van der Waals surface area contributed by atoms with Gasteiger partial charge in [-0.2, -0.15) is 0 Å². The van der Waals surface area contributed by atoms with Gasteiger partial charge in [0.25, 0.3) is 11.8 Å². The van der Waals surface area contributed by atoms with Gasteiger partial charge in [0.2, 0.25) is 5.91 Å². The van der Waals surface area contributed by atoms with E-state index in [1.165, 1.54) is 23.1 Å². The van der Waals surface area contributed by atoms with Crippen LogP contribution in [0.15, 0.2) is 46.8 Å². The van der Waals surface area contributed by atoms with E-state index in [-0.39, 0.29) is 17.6 Å². The van der Waals surface area contributed by atoms with Crippen LogP contribution in [0.1, 0.15) is 20.7 Å². The molecule has 0 bridgehead atoms. The monoisotopic (exact) mass is 469 g/mol. The summed E-state index contributed by atoms with van der Waals surface area (Å²) in [5.41, 5.74) is 7.34.